The molecule has 0 amide bonds. The van der Waals surface area contributed by atoms with Crippen LogP contribution in [0.15, 0.2) is 59.9 Å². The lowest BCUT2D eigenvalue weighted by Gasteiger charge is -2.22. The molecule has 1 atom stereocenters. The minimum Gasteiger partial charge on any atom is -0.360 e. The number of rotatable bonds is 5. The van der Waals surface area contributed by atoms with Crippen molar-refractivity contribution in [3.63, 3.8) is 0 Å². The highest BCUT2D eigenvalue weighted by molar-refractivity contribution is 5.87. The first kappa shape index (κ1) is 20.1. The lowest BCUT2D eigenvalue weighted by Crippen LogP contribution is -2.26. The van der Waals surface area contributed by atoms with Crippen molar-refractivity contribution < 1.29 is 0 Å². The molecular weight excluding hydrogens is 388 g/mol. The van der Waals surface area contributed by atoms with Gasteiger partial charge in [-0.2, -0.15) is 0 Å². The molecule has 0 fully saturated rings. The summed E-state index contributed by atoms with van der Waals surface area (Å²) in [5.74, 6) is 3.15. The molecule has 0 aliphatic heterocycles. The van der Waals surface area contributed by atoms with Crippen LogP contribution < -0.4 is 10.9 Å². The maximum absolute atomic E-state index is 13.6. The average molecular weight is 410 g/mol. The van der Waals surface area contributed by atoms with E-state index in [1.54, 1.807) is 17.0 Å². The molecule has 0 saturated carbocycles. The van der Waals surface area contributed by atoms with E-state index in [1.807, 2.05) is 57.2 Å². The van der Waals surface area contributed by atoms with Crippen LogP contribution >= 0.6 is 0 Å². The number of anilines is 1. The second kappa shape index (κ2) is 8.28. The number of aromatic amines is 1. The molecule has 154 valence electrons. The summed E-state index contributed by atoms with van der Waals surface area (Å²) in [6.07, 6.45) is 13.9. The third-order valence-electron chi connectivity index (χ3n) is 5.13. The van der Waals surface area contributed by atoms with Gasteiger partial charge in [-0.3, -0.25) is 9.36 Å². The predicted molar refractivity (Wildman–Crippen MR) is 125 cm³/mol. The van der Waals surface area contributed by atoms with Crippen molar-refractivity contribution in [3.8, 4) is 12.3 Å². The highest BCUT2D eigenvalue weighted by Gasteiger charge is 2.19. The van der Waals surface area contributed by atoms with E-state index in [0.717, 1.165) is 16.6 Å². The Hall–Kier alpha value is -4.18. The predicted octanol–water partition coefficient (Wildman–Crippen LogP) is 4.20. The van der Waals surface area contributed by atoms with E-state index in [2.05, 4.69) is 31.2 Å². The van der Waals surface area contributed by atoms with Crippen molar-refractivity contribution in [2.24, 2.45) is 0 Å². The topological polar surface area (TPSA) is 88.5 Å². The molecule has 0 radical (unpaired) electrons. The zero-order valence-corrected chi connectivity index (χ0v) is 17.5. The van der Waals surface area contributed by atoms with Crippen LogP contribution in [-0.4, -0.2) is 24.5 Å². The number of hydrogen-bond acceptors (Lipinski definition) is 5. The van der Waals surface area contributed by atoms with Crippen molar-refractivity contribution in [1.82, 2.24) is 24.5 Å². The van der Waals surface area contributed by atoms with Gasteiger partial charge in [0.15, 0.2) is 11.5 Å². The van der Waals surface area contributed by atoms with Crippen LogP contribution in [0.2, 0.25) is 0 Å². The van der Waals surface area contributed by atoms with Gasteiger partial charge in [-0.1, -0.05) is 30.2 Å². The number of allylic oxidation sites excluding steroid dienone is 4. The molecule has 1 aromatic carbocycles. The van der Waals surface area contributed by atoms with Gasteiger partial charge in [-0.05, 0) is 43.9 Å². The average Bonchev–Trinajstić information content (AvgIpc) is 3.23. The Labute approximate surface area is 179 Å². The minimum atomic E-state index is -0.273. The first-order valence-electron chi connectivity index (χ1n) is 9.90. The number of H-pyrrole nitrogens is 1. The zero-order valence-electron chi connectivity index (χ0n) is 17.5. The normalized spacial score (nSPS) is 13.0. The van der Waals surface area contributed by atoms with Crippen molar-refractivity contribution >= 4 is 33.5 Å². The summed E-state index contributed by atoms with van der Waals surface area (Å²) < 4.78 is 1.66. The Bertz CT molecular complexity index is 1430. The molecule has 3 aromatic heterocycles. The Morgan fingerprint density at radius 1 is 1.32 bits per heavy atom. The number of aryl methyl sites for hydroxylation is 1. The van der Waals surface area contributed by atoms with Crippen LogP contribution in [0.25, 0.3) is 27.6 Å². The van der Waals surface area contributed by atoms with E-state index in [9.17, 15) is 4.79 Å². The fourth-order valence-electron chi connectivity index (χ4n) is 3.74. The molecule has 0 spiro atoms. The molecule has 1 unspecified atom stereocenters. The Kier molecular flexibility index (Phi) is 5.37. The van der Waals surface area contributed by atoms with Gasteiger partial charge >= 0.3 is 0 Å². The molecule has 0 saturated heterocycles. The fraction of sp³-hybridized carbons (Fsp3) is 0.167. The highest BCUT2D eigenvalue weighted by Crippen LogP contribution is 2.26. The highest BCUT2D eigenvalue weighted by atomic mass is 16.1. The Morgan fingerprint density at radius 2 is 2.16 bits per heavy atom. The maximum atomic E-state index is 13.6. The largest absolute Gasteiger partial charge is 0.360 e. The number of hydrogen-bond donors (Lipinski definition) is 2. The Morgan fingerprint density at radius 3 is 2.94 bits per heavy atom. The monoisotopic (exact) mass is 410 g/mol. The van der Waals surface area contributed by atoms with Crippen molar-refractivity contribution in [2.75, 3.05) is 5.32 Å². The number of terminal acetylenes is 1. The summed E-state index contributed by atoms with van der Waals surface area (Å²) in [6.45, 7) is 5.80. The van der Waals surface area contributed by atoms with Crippen LogP contribution in [0.3, 0.4) is 0 Å². The lowest BCUT2D eigenvalue weighted by molar-refractivity contribution is 0.784. The third-order valence-corrected chi connectivity index (χ3v) is 5.13. The van der Waals surface area contributed by atoms with Gasteiger partial charge in [0, 0.05) is 11.8 Å². The van der Waals surface area contributed by atoms with Gasteiger partial charge in [-0.25, -0.2) is 15.0 Å². The molecule has 0 aliphatic rings. The molecule has 31 heavy (non-hydrogen) atoms. The van der Waals surface area contributed by atoms with E-state index in [0.29, 0.717) is 28.1 Å². The number of pyridine rings is 1. The van der Waals surface area contributed by atoms with E-state index in [1.165, 1.54) is 6.33 Å². The molecule has 4 rings (SSSR count). The van der Waals surface area contributed by atoms with E-state index >= 15 is 0 Å². The van der Waals surface area contributed by atoms with Gasteiger partial charge < -0.3 is 10.3 Å². The summed E-state index contributed by atoms with van der Waals surface area (Å²) in [4.78, 5) is 29.4. The first-order valence-corrected chi connectivity index (χ1v) is 9.90. The van der Waals surface area contributed by atoms with Crippen molar-refractivity contribution in [2.45, 2.75) is 26.8 Å². The smallest absolute Gasteiger partial charge is 0.263 e. The second-order valence-electron chi connectivity index (χ2n) is 7.17. The summed E-state index contributed by atoms with van der Waals surface area (Å²) in [7, 11) is 0. The summed E-state index contributed by atoms with van der Waals surface area (Å²) in [6, 6.07) is 7.57. The standard InChI is InChI=1S/C24H22N6O/c1-5-8-18(9-6-2)30-19(12-17-11-7-10-15(3)20(17)24(30)31)16(4)29-23-21-22(26-13-25-21)27-14-28-23/h1,6-14,16H,2-4H3,(H2,25,26,27,28,29)/b9-6-,18-8+. The molecule has 7 heteroatoms. The first-order chi connectivity index (χ1) is 15.0. The minimum absolute atomic E-state index is 0.117. The quantitative estimate of drug-likeness (QED) is 0.380. The molecule has 7 nitrogen and oxygen atoms in total. The molecule has 0 aliphatic carbocycles. The van der Waals surface area contributed by atoms with Gasteiger partial charge in [0.2, 0.25) is 0 Å². The summed E-state index contributed by atoms with van der Waals surface area (Å²) in [5, 5.41) is 4.93. The van der Waals surface area contributed by atoms with Crippen LogP contribution in [0, 0.1) is 19.3 Å². The molecule has 3 heterocycles. The Balaban J connectivity index is 1.94. The SMILES string of the molecule is C#C/C=C(\C=C/C)n1c(C(C)Nc2ncnc3nc[nH]c23)cc2cccc(C)c2c1=O. The summed E-state index contributed by atoms with van der Waals surface area (Å²) in [5.41, 5.74) is 3.45. The van der Waals surface area contributed by atoms with E-state index < -0.39 is 0 Å². The van der Waals surface area contributed by atoms with Gasteiger partial charge in [0.25, 0.3) is 5.56 Å². The fourth-order valence-corrected chi connectivity index (χ4v) is 3.74. The van der Waals surface area contributed by atoms with Crippen LogP contribution in [-0.2, 0) is 0 Å². The third kappa shape index (κ3) is 3.60. The van der Waals surface area contributed by atoms with Crippen LogP contribution in [0.5, 0.6) is 0 Å². The van der Waals surface area contributed by atoms with Gasteiger partial charge in [-0.15, -0.1) is 6.42 Å². The number of imidazole rings is 1. The second-order valence-corrected chi connectivity index (χ2v) is 7.17. The van der Waals surface area contributed by atoms with Gasteiger partial charge in [0.1, 0.15) is 11.8 Å². The number of nitrogens with zero attached hydrogens (tertiary/aromatic N) is 4. The number of aromatic nitrogens is 5. The summed E-state index contributed by atoms with van der Waals surface area (Å²) >= 11 is 0. The molecular formula is C24H22N6O. The van der Waals surface area contributed by atoms with E-state index in [4.69, 9.17) is 6.42 Å². The van der Waals surface area contributed by atoms with Crippen molar-refractivity contribution in [3.05, 3.63) is 76.8 Å². The van der Waals surface area contributed by atoms with Gasteiger partial charge in [0.05, 0.1) is 23.5 Å². The number of fused-ring (bicyclic) bond motifs is 2. The van der Waals surface area contributed by atoms with Crippen LogP contribution in [0.1, 0.15) is 31.1 Å². The lowest BCUT2D eigenvalue weighted by atomic mass is 10.0. The maximum Gasteiger partial charge on any atom is 0.263 e. The number of benzene rings is 1. The number of nitrogens with one attached hydrogen (secondary N) is 2. The van der Waals surface area contributed by atoms with Crippen molar-refractivity contribution in [1.29, 1.82) is 0 Å². The van der Waals surface area contributed by atoms with E-state index in [-0.39, 0.29) is 11.6 Å². The zero-order chi connectivity index (χ0) is 22.0. The van der Waals surface area contributed by atoms with Crippen LogP contribution in [0.4, 0.5) is 5.82 Å². The molecule has 2 N–H and O–H groups in total. The molecule has 4 aromatic rings. The molecule has 0 bridgehead atoms.